The highest BCUT2D eigenvalue weighted by atomic mass is 16.5. The molecule has 0 radical (unpaired) electrons. The molecule has 1 heterocycles. The fourth-order valence-electron chi connectivity index (χ4n) is 1.78. The number of ether oxygens (including phenoxy) is 2. The number of nitrogens with zero attached hydrogens (tertiary/aromatic N) is 1. The third-order valence-corrected chi connectivity index (χ3v) is 2.78. The van der Waals surface area contributed by atoms with Crippen LogP contribution in [0.4, 0.5) is 0 Å². The van der Waals surface area contributed by atoms with Gasteiger partial charge in [-0.1, -0.05) is 0 Å². The zero-order valence-electron chi connectivity index (χ0n) is 10.00. The Morgan fingerprint density at radius 2 is 2.33 bits per heavy atom. The average Bonchev–Trinajstić information content (AvgIpc) is 2.25. The van der Waals surface area contributed by atoms with Crippen molar-refractivity contribution in [3.8, 4) is 0 Å². The van der Waals surface area contributed by atoms with Gasteiger partial charge in [0.25, 0.3) is 0 Å². The van der Waals surface area contributed by atoms with E-state index in [-0.39, 0.29) is 0 Å². The molecular weight excluding hydrogens is 192 g/mol. The molecule has 0 spiro atoms. The highest BCUT2D eigenvalue weighted by Gasteiger charge is 2.17. The molecule has 1 atom stereocenters. The first-order valence-electron chi connectivity index (χ1n) is 5.86. The van der Waals surface area contributed by atoms with Crippen LogP contribution in [0.5, 0.6) is 0 Å². The van der Waals surface area contributed by atoms with Gasteiger partial charge in [-0.2, -0.15) is 0 Å². The molecule has 1 saturated heterocycles. The van der Waals surface area contributed by atoms with Crippen molar-refractivity contribution in [1.29, 1.82) is 0 Å². The molecule has 0 aliphatic carbocycles. The Morgan fingerprint density at radius 3 is 3.07 bits per heavy atom. The average molecular weight is 216 g/mol. The lowest BCUT2D eigenvalue weighted by molar-refractivity contribution is 0.000420. The van der Waals surface area contributed by atoms with Crippen molar-refractivity contribution in [3.05, 3.63) is 0 Å². The molecule has 0 aromatic carbocycles. The number of hydrogen-bond acceptors (Lipinski definition) is 4. The summed E-state index contributed by atoms with van der Waals surface area (Å²) in [7, 11) is 1.75. The molecule has 1 unspecified atom stereocenters. The lowest BCUT2D eigenvalue weighted by Crippen LogP contribution is -2.46. The largest absolute Gasteiger partial charge is 0.385 e. The summed E-state index contributed by atoms with van der Waals surface area (Å²) in [6.45, 7) is 9.14. The molecule has 1 aliphatic heterocycles. The Labute approximate surface area is 92.9 Å². The van der Waals surface area contributed by atoms with Crippen molar-refractivity contribution in [1.82, 2.24) is 10.2 Å². The third-order valence-electron chi connectivity index (χ3n) is 2.78. The normalized spacial score (nSPS) is 23.2. The molecule has 15 heavy (non-hydrogen) atoms. The van der Waals surface area contributed by atoms with E-state index in [4.69, 9.17) is 9.47 Å². The van der Waals surface area contributed by atoms with Crippen LogP contribution in [0.15, 0.2) is 0 Å². The Kier molecular flexibility index (Phi) is 6.92. The van der Waals surface area contributed by atoms with E-state index < -0.39 is 0 Å². The number of hydrogen-bond donors (Lipinski definition) is 1. The molecule has 0 bridgehead atoms. The van der Waals surface area contributed by atoms with E-state index in [0.29, 0.717) is 6.04 Å². The summed E-state index contributed by atoms with van der Waals surface area (Å²) in [5, 5.41) is 3.43. The van der Waals surface area contributed by atoms with Gasteiger partial charge in [0.05, 0.1) is 13.2 Å². The lowest BCUT2D eigenvalue weighted by atomic mass is 10.2. The number of rotatable bonds is 7. The summed E-state index contributed by atoms with van der Waals surface area (Å²) in [6.07, 6.45) is 1.09. The molecule has 0 amide bonds. The first-order chi connectivity index (χ1) is 7.34. The molecule has 0 aromatic rings. The zero-order valence-corrected chi connectivity index (χ0v) is 10.00. The quantitative estimate of drug-likeness (QED) is 0.622. The molecule has 0 saturated carbocycles. The Bertz CT molecular complexity index is 156. The summed E-state index contributed by atoms with van der Waals surface area (Å²) in [6, 6.07) is 0.569. The predicted octanol–water partition coefficient (Wildman–Crippen LogP) is 0.333. The van der Waals surface area contributed by atoms with Crippen LogP contribution >= 0.6 is 0 Å². The van der Waals surface area contributed by atoms with Gasteiger partial charge in [0, 0.05) is 39.4 Å². The van der Waals surface area contributed by atoms with Crippen molar-refractivity contribution in [2.75, 3.05) is 53.1 Å². The van der Waals surface area contributed by atoms with Crippen molar-refractivity contribution < 1.29 is 9.47 Å². The fraction of sp³-hybridized carbons (Fsp3) is 1.00. The predicted molar refractivity (Wildman–Crippen MR) is 61.2 cm³/mol. The van der Waals surface area contributed by atoms with Crippen LogP contribution in [0.2, 0.25) is 0 Å². The number of morpholine rings is 1. The van der Waals surface area contributed by atoms with E-state index >= 15 is 0 Å². The molecule has 1 rings (SSSR count). The molecule has 0 aromatic heterocycles. The minimum Gasteiger partial charge on any atom is -0.385 e. The van der Waals surface area contributed by atoms with E-state index in [9.17, 15) is 0 Å². The van der Waals surface area contributed by atoms with Crippen molar-refractivity contribution in [3.63, 3.8) is 0 Å². The molecule has 1 aliphatic rings. The van der Waals surface area contributed by atoms with E-state index in [0.717, 1.165) is 52.4 Å². The van der Waals surface area contributed by atoms with Gasteiger partial charge in [-0.3, -0.25) is 4.90 Å². The van der Waals surface area contributed by atoms with Crippen LogP contribution < -0.4 is 5.32 Å². The molecule has 4 heteroatoms. The second kappa shape index (κ2) is 8.05. The van der Waals surface area contributed by atoms with E-state index in [1.54, 1.807) is 7.11 Å². The van der Waals surface area contributed by atoms with Crippen LogP contribution in [-0.2, 0) is 9.47 Å². The summed E-state index contributed by atoms with van der Waals surface area (Å²) in [4.78, 5) is 2.48. The minimum atomic E-state index is 0.569. The topological polar surface area (TPSA) is 33.7 Å². The van der Waals surface area contributed by atoms with Gasteiger partial charge < -0.3 is 14.8 Å². The fourth-order valence-corrected chi connectivity index (χ4v) is 1.78. The molecule has 90 valence electrons. The monoisotopic (exact) mass is 216 g/mol. The molecule has 1 N–H and O–H groups in total. The Balaban J connectivity index is 1.94. The number of methoxy groups -OCH3 is 1. The highest BCUT2D eigenvalue weighted by molar-refractivity contribution is 4.71. The maximum absolute atomic E-state index is 5.39. The van der Waals surface area contributed by atoms with Gasteiger partial charge in [0.15, 0.2) is 0 Å². The zero-order chi connectivity index (χ0) is 10.9. The minimum absolute atomic E-state index is 0.569. The van der Waals surface area contributed by atoms with Gasteiger partial charge >= 0.3 is 0 Å². The second-order valence-electron chi connectivity index (χ2n) is 4.06. The summed E-state index contributed by atoms with van der Waals surface area (Å²) < 4.78 is 10.4. The van der Waals surface area contributed by atoms with E-state index in [1.807, 2.05) is 0 Å². The van der Waals surface area contributed by atoms with Crippen LogP contribution in [0.25, 0.3) is 0 Å². The SMILES string of the molecule is COCCCNCCN1CCOCC1C. The van der Waals surface area contributed by atoms with E-state index in [2.05, 4.69) is 17.1 Å². The van der Waals surface area contributed by atoms with Gasteiger partial charge in [0.2, 0.25) is 0 Å². The van der Waals surface area contributed by atoms with Crippen LogP contribution in [0.1, 0.15) is 13.3 Å². The van der Waals surface area contributed by atoms with Gasteiger partial charge in [-0.05, 0) is 19.9 Å². The molecule has 1 fully saturated rings. The lowest BCUT2D eigenvalue weighted by Gasteiger charge is -2.33. The maximum atomic E-state index is 5.39. The summed E-state index contributed by atoms with van der Waals surface area (Å²) in [5.41, 5.74) is 0. The molecule has 4 nitrogen and oxygen atoms in total. The van der Waals surface area contributed by atoms with Crippen molar-refractivity contribution >= 4 is 0 Å². The highest BCUT2D eigenvalue weighted by Crippen LogP contribution is 2.04. The van der Waals surface area contributed by atoms with Gasteiger partial charge in [0.1, 0.15) is 0 Å². The van der Waals surface area contributed by atoms with Crippen molar-refractivity contribution in [2.45, 2.75) is 19.4 Å². The molecular formula is C11H24N2O2. The summed E-state index contributed by atoms with van der Waals surface area (Å²) >= 11 is 0. The number of nitrogens with one attached hydrogen (secondary N) is 1. The maximum Gasteiger partial charge on any atom is 0.0619 e. The first-order valence-corrected chi connectivity index (χ1v) is 5.86. The van der Waals surface area contributed by atoms with Gasteiger partial charge in [-0.15, -0.1) is 0 Å². The van der Waals surface area contributed by atoms with Crippen LogP contribution in [0.3, 0.4) is 0 Å². The van der Waals surface area contributed by atoms with E-state index in [1.165, 1.54) is 0 Å². The second-order valence-corrected chi connectivity index (χ2v) is 4.06. The van der Waals surface area contributed by atoms with Gasteiger partial charge in [-0.25, -0.2) is 0 Å². The third kappa shape index (κ3) is 5.47. The first kappa shape index (κ1) is 12.9. The smallest absolute Gasteiger partial charge is 0.0619 e. The standard InChI is InChI=1S/C11H24N2O2/c1-11-10-15-9-7-13(11)6-5-12-4-3-8-14-2/h11-12H,3-10H2,1-2H3. The van der Waals surface area contributed by atoms with Crippen LogP contribution in [-0.4, -0.2) is 64.1 Å². The summed E-state index contributed by atoms with van der Waals surface area (Å²) in [5.74, 6) is 0. The Hall–Kier alpha value is -0.160. The Morgan fingerprint density at radius 1 is 1.47 bits per heavy atom. The van der Waals surface area contributed by atoms with Crippen molar-refractivity contribution in [2.24, 2.45) is 0 Å². The van der Waals surface area contributed by atoms with Crippen LogP contribution in [0, 0.1) is 0 Å².